The van der Waals surface area contributed by atoms with Crippen LogP contribution in [0.3, 0.4) is 0 Å². The molecule has 0 aliphatic heterocycles. The van der Waals surface area contributed by atoms with Crippen molar-refractivity contribution in [2.24, 2.45) is 5.92 Å². The fourth-order valence-corrected chi connectivity index (χ4v) is 3.18. The van der Waals surface area contributed by atoms with E-state index in [-0.39, 0.29) is 11.9 Å². The number of ether oxygens (including phenoxy) is 2. The highest BCUT2D eigenvalue weighted by Gasteiger charge is 2.21. The molecule has 5 nitrogen and oxygen atoms in total. The number of hydrogen-bond acceptors (Lipinski definition) is 4. The summed E-state index contributed by atoms with van der Waals surface area (Å²) in [6.45, 7) is 4.75. The topological polar surface area (TPSA) is 60.7 Å². The Bertz CT molecular complexity index is 956. The molecule has 4 rings (SSSR count). The summed E-state index contributed by atoms with van der Waals surface area (Å²) in [7, 11) is 0. The van der Waals surface area contributed by atoms with Crippen molar-refractivity contribution in [1.29, 1.82) is 0 Å². The Morgan fingerprint density at radius 3 is 2.61 bits per heavy atom. The number of fused-ring (bicyclic) bond motifs is 1. The number of nitrogens with one attached hydrogen (secondary N) is 1. The smallest absolute Gasteiger partial charge is 0.217 e. The van der Waals surface area contributed by atoms with Crippen LogP contribution >= 0.6 is 0 Å². The van der Waals surface area contributed by atoms with E-state index in [1.54, 1.807) is 6.26 Å². The van der Waals surface area contributed by atoms with Gasteiger partial charge in [0.25, 0.3) is 0 Å². The van der Waals surface area contributed by atoms with Crippen LogP contribution in [0.2, 0.25) is 0 Å². The molecule has 1 heterocycles. The molecule has 0 radical (unpaired) electrons. The van der Waals surface area contributed by atoms with E-state index in [4.69, 9.17) is 13.9 Å². The second-order valence-electron chi connectivity index (χ2n) is 7.46. The summed E-state index contributed by atoms with van der Waals surface area (Å²) < 4.78 is 17.3. The van der Waals surface area contributed by atoms with E-state index >= 15 is 0 Å². The van der Waals surface area contributed by atoms with Crippen molar-refractivity contribution in [1.82, 2.24) is 5.32 Å². The van der Waals surface area contributed by atoms with Crippen LogP contribution in [0.25, 0.3) is 11.0 Å². The van der Waals surface area contributed by atoms with Crippen LogP contribution in [0.5, 0.6) is 11.5 Å². The molecule has 0 saturated heterocycles. The highest BCUT2D eigenvalue weighted by molar-refractivity contribution is 5.83. The SMILES string of the molecule is CC(=O)NC(C)c1coc2cc(OCc3ccc(OCC4CC4)cc3)ccc12. The van der Waals surface area contributed by atoms with Crippen LogP contribution in [0.1, 0.15) is 43.9 Å². The van der Waals surface area contributed by atoms with Crippen LogP contribution in [0, 0.1) is 5.92 Å². The number of benzene rings is 2. The maximum absolute atomic E-state index is 11.3. The summed E-state index contributed by atoms with van der Waals surface area (Å²) in [5, 5.41) is 3.86. The lowest BCUT2D eigenvalue weighted by molar-refractivity contribution is -0.119. The number of rotatable bonds is 8. The minimum Gasteiger partial charge on any atom is -0.493 e. The van der Waals surface area contributed by atoms with Gasteiger partial charge in [-0.15, -0.1) is 0 Å². The minimum absolute atomic E-state index is 0.0641. The zero-order chi connectivity index (χ0) is 19.5. The Hall–Kier alpha value is -2.95. The minimum atomic E-state index is -0.105. The van der Waals surface area contributed by atoms with Gasteiger partial charge in [-0.3, -0.25) is 4.79 Å². The summed E-state index contributed by atoms with van der Waals surface area (Å²) >= 11 is 0. The Balaban J connectivity index is 1.37. The monoisotopic (exact) mass is 379 g/mol. The predicted octanol–water partition coefficient (Wildman–Crippen LogP) is 5.00. The van der Waals surface area contributed by atoms with Gasteiger partial charge in [0.15, 0.2) is 0 Å². The Labute approximate surface area is 164 Å². The molecule has 3 aromatic rings. The molecule has 1 saturated carbocycles. The molecular formula is C23H25NO4. The van der Waals surface area contributed by atoms with Crippen LogP contribution < -0.4 is 14.8 Å². The van der Waals surface area contributed by atoms with Crippen molar-refractivity contribution in [2.75, 3.05) is 6.61 Å². The lowest BCUT2D eigenvalue weighted by Crippen LogP contribution is -2.23. The molecule has 5 heteroatoms. The predicted molar refractivity (Wildman–Crippen MR) is 107 cm³/mol. The van der Waals surface area contributed by atoms with E-state index < -0.39 is 0 Å². The Morgan fingerprint density at radius 2 is 1.89 bits per heavy atom. The van der Waals surface area contributed by atoms with E-state index in [1.165, 1.54) is 19.8 Å². The fraction of sp³-hybridized carbons (Fsp3) is 0.348. The Kier molecular flexibility index (Phi) is 5.24. The third kappa shape index (κ3) is 4.47. The molecule has 146 valence electrons. The summed E-state index contributed by atoms with van der Waals surface area (Å²) in [5.74, 6) is 2.34. The molecular weight excluding hydrogens is 354 g/mol. The number of carbonyl (C=O) groups excluding carboxylic acids is 1. The van der Waals surface area contributed by atoms with Crippen molar-refractivity contribution >= 4 is 16.9 Å². The summed E-state index contributed by atoms with van der Waals surface area (Å²) in [5.41, 5.74) is 2.78. The number of hydrogen-bond donors (Lipinski definition) is 1. The highest BCUT2D eigenvalue weighted by Crippen LogP contribution is 2.31. The van der Waals surface area contributed by atoms with E-state index in [1.807, 2.05) is 49.4 Å². The molecule has 1 aliphatic carbocycles. The van der Waals surface area contributed by atoms with Gasteiger partial charge in [-0.25, -0.2) is 0 Å². The van der Waals surface area contributed by atoms with Crippen molar-refractivity contribution in [2.45, 2.75) is 39.3 Å². The maximum Gasteiger partial charge on any atom is 0.217 e. The molecule has 28 heavy (non-hydrogen) atoms. The second-order valence-corrected chi connectivity index (χ2v) is 7.46. The van der Waals surface area contributed by atoms with Gasteiger partial charge in [-0.1, -0.05) is 12.1 Å². The van der Waals surface area contributed by atoms with Gasteiger partial charge in [0.2, 0.25) is 5.91 Å². The van der Waals surface area contributed by atoms with Gasteiger partial charge >= 0.3 is 0 Å². The second kappa shape index (κ2) is 7.97. The Morgan fingerprint density at radius 1 is 1.14 bits per heavy atom. The lowest BCUT2D eigenvalue weighted by atomic mass is 10.1. The van der Waals surface area contributed by atoms with Crippen molar-refractivity contribution < 1.29 is 18.7 Å². The fourth-order valence-electron chi connectivity index (χ4n) is 3.18. The molecule has 1 aromatic heterocycles. The molecule has 1 N–H and O–H groups in total. The van der Waals surface area contributed by atoms with Gasteiger partial charge in [0.05, 0.1) is 18.9 Å². The quantitative estimate of drug-likeness (QED) is 0.598. The third-order valence-corrected chi connectivity index (χ3v) is 4.97. The average molecular weight is 379 g/mol. The van der Waals surface area contributed by atoms with Gasteiger partial charge in [-0.05, 0) is 55.5 Å². The highest BCUT2D eigenvalue weighted by atomic mass is 16.5. The van der Waals surface area contributed by atoms with E-state index in [2.05, 4.69) is 5.32 Å². The van der Waals surface area contributed by atoms with Gasteiger partial charge in [-0.2, -0.15) is 0 Å². The van der Waals surface area contributed by atoms with Crippen LogP contribution in [0.4, 0.5) is 0 Å². The molecule has 0 bridgehead atoms. The normalized spacial score (nSPS) is 14.6. The maximum atomic E-state index is 11.3. The molecule has 0 spiro atoms. The van der Waals surface area contributed by atoms with E-state index in [9.17, 15) is 4.79 Å². The summed E-state index contributed by atoms with van der Waals surface area (Å²) in [4.78, 5) is 11.3. The average Bonchev–Trinajstić information content (AvgIpc) is 3.42. The summed E-state index contributed by atoms with van der Waals surface area (Å²) in [6, 6.07) is 13.7. The first-order valence-electron chi connectivity index (χ1n) is 9.71. The van der Waals surface area contributed by atoms with Gasteiger partial charge < -0.3 is 19.2 Å². The largest absolute Gasteiger partial charge is 0.493 e. The first-order valence-corrected chi connectivity index (χ1v) is 9.71. The molecule has 1 fully saturated rings. The molecule has 2 aromatic carbocycles. The molecule has 1 amide bonds. The molecule has 1 unspecified atom stereocenters. The van der Waals surface area contributed by atoms with E-state index in [0.717, 1.165) is 46.1 Å². The van der Waals surface area contributed by atoms with Crippen molar-refractivity contribution in [3.63, 3.8) is 0 Å². The van der Waals surface area contributed by atoms with E-state index in [0.29, 0.717) is 6.61 Å². The zero-order valence-electron chi connectivity index (χ0n) is 16.2. The number of carbonyl (C=O) groups is 1. The van der Waals surface area contributed by atoms with Crippen LogP contribution in [-0.2, 0) is 11.4 Å². The first kappa shape index (κ1) is 18.4. The van der Waals surface area contributed by atoms with Crippen LogP contribution in [-0.4, -0.2) is 12.5 Å². The van der Waals surface area contributed by atoms with Crippen molar-refractivity contribution in [3.05, 3.63) is 59.9 Å². The third-order valence-electron chi connectivity index (χ3n) is 4.97. The number of furan rings is 1. The zero-order valence-corrected chi connectivity index (χ0v) is 16.2. The van der Waals surface area contributed by atoms with Gasteiger partial charge in [0.1, 0.15) is 23.7 Å². The van der Waals surface area contributed by atoms with Crippen LogP contribution in [0.15, 0.2) is 53.1 Å². The van der Waals surface area contributed by atoms with Crippen molar-refractivity contribution in [3.8, 4) is 11.5 Å². The molecule has 1 aliphatic rings. The first-order chi connectivity index (χ1) is 13.6. The summed E-state index contributed by atoms with van der Waals surface area (Å²) in [6.07, 6.45) is 4.27. The molecule has 1 atom stereocenters. The lowest BCUT2D eigenvalue weighted by Gasteiger charge is -2.11. The number of amides is 1. The standard InChI is InChI=1S/C23H25NO4/c1-15(24-16(2)25)22-14-28-23-11-20(9-10-21(22)23)27-13-18-5-7-19(8-6-18)26-12-17-3-4-17/h5-11,14-15,17H,3-4,12-13H2,1-2H3,(H,24,25). The van der Waals surface area contributed by atoms with Gasteiger partial charge in [0, 0.05) is 23.9 Å².